The summed E-state index contributed by atoms with van der Waals surface area (Å²) in [5, 5.41) is 0. The number of pyridine rings is 1. The highest BCUT2D eigenvalue weighted by molar-refractivity contribution is 6.34. The second kappa shape index (κ2) is 9.66. The summed E-state index contributed by atoms with van der Waals surface area (Å²) in [5.74, 6) is 0. The molecule has 1 aromatic rings. The molecule has 1 aliphatic heterocycles. The van der Waals surface area contributed by atoms with Crippen LogP contribution in [0.3, 0.4) is 0 Å². The van der Waals surface area contributed by atoms with Crippen molar-refractivity contribution in [2.45, 2.75) is 39.4 Å². The van der Waals surface area contributed by atoms with E-state index in [0.717, 1.165) is 24.3 Å². The number of hydrogen-bond donors (Lipinski definition) is 1. The lowest BCUT2D eigenvalue weighted by Gasteiger charge is -2.13. The third kappa shape index (κ3) is 5.58. The SMILES string of the molecule is CCCC1=CC(N)C(=NC[n+]2ccccc2C)C=N1.Cl.[Cl-]. The molecule has 0 saturated heterocycles. The van der Waals surface area contributed by atoms with Crippen molar-refractivity contribution in [2.24, 2.45) is 15.7 Å². The molecule has 2 N–H and O–H groups in total. The van der Waals surface area contributed by atoms with E-state index in [-0.39, 0.29) is 30.9 Å². The molecule has 1 unspecified atom stereocenters. The first kappa shape index (κ1) is 19.8. The Morgan fingerprint density at radius 3 is 2.76 bits per heavy atom. The van der Waals surface area contributed by atoms with Crippen molar-refractivity contribution in [3.63, 3.8) is 0 Å². The Kier molecular flexibility index (Phi) is 9.09. The van der Waals surface area contributed by atoms with Crippen LogP contribution in [-0.2, 0) is 6.67 Å². The van der Waals surface area contributed by atoms with E-state index < -0.39 is 0 Å². The van der Waals surface area contributed by atoms with Crippen LogP contribution in [-0.4, -0.2) is 18.0 Å². The van der Waals surface area contributed by atoms with Gasteiger partial charge in [-0.2, -0.15) is 4.57 Å². The minimum atomic E-state index is -0.135. The Morgan fingerprint density at radius 1 is 1.38 bits per heavy atom. The second-order valence-corrected chi connectivity index (χ2v) is 4.73. The Hall–Kier alpha value is -1.23. The number of nitrogens with two attached hydrogens (primary N) is 1. The standard InChI is InChI=1S/C15H21N4.2ClH/c1-3-6-13-9-14(16)15(10-17-13)18-11-19-8-5-4-7-12(19)2;;/h4-5,7-10,14H,3,6,11,16H2,1-2H3;2*1H/q+1;;/p-1. The van der Waals surface area contributed by atoms with Gasteiger partial charge in [0, 0.05) is 24.8 Å². The zero-order valence-corrected chi connectivity index (χ0v) is 13.9. The largest absolute Gasteiger partial charge is 1.00 e. The number of aliphatic imine (C=N–C) groups is 2. The smallest absolute Gasteiger partial charge is 0.241 e. The lowest BCUT2D eigenvalue weighted by molar-refractivity contribution is -0.701. The van der Waals surface area contributed by atoms with E-state index in [2.05, 4.69) is 34.5 Å². The molecule has 0 aliphatic carbocycles. The van der Waals surface area contributed by atoms with E-state index in [1.807, 2.05) is 24.4 Å². The summed E-state index contributed by atoms with van der Waals surface area (Å²) in [6.45, 7) is 4.79. The van der Waals surface area contributed by atoms with Crippen LogP contribution < -0.4 is 22.7 Å². The molecule has 4 nitrogen and oxygen atoms in total. The second-order valence-electron chi connectivity index (χ2n) is 4.73. The summed E-state index contributed by atoms with van der Waals surface area (Å²) in [6.07, 6.45) is 7.88. The summed E-state index contributed by atoms with van der Waals surface area (Å²) in [7, 11) is 0. The Labute approximate surface area is 138 Å². The van der Waals surface area contributed by atoms with Crippen molar-refractivity contribution < 1.29 is 17.0 Å². The van der Waals surface area contributed by atoms with E-state index >= 15 is 0 Å². The van der Waals surface area contributed by atoms with Crippen molar-refractivity contribution in [3.05, 3.63) is 41.9 Å². The van der Waals surface area contributed by atoms with Crippen LogP contribution in [0.2, 0.25) is 0 Å². The summed E-state index contributed by atoms with van der Waals surface area (Å²) >= 11 is 0. The van der Waals surface area contributed by atoms with E-state index in [1.54, 1.807) is 6.21 Å². The molecular weight excluding hydrogens is 307 g/mol. The number of nitrogens with zero attached hydrogens (tertiary/aromatic N) is 3. The monoisotopic (exact) mass is 328 g/mol. The van der Waals surface area contributed by atoms with Crippen LogP contribution in [0.25, 0.3) is 0 Å². The molecule has 116 valence electrons. The number of aromatic nitrogens is 1. The summed E-state index contributed by atoms with van der Waals surface area (Å²) in [6, 6.07) is 5.95. The van der Waals surface area contributed by atoms with Crippen LogP contribution >= 0.6 is 12.4 Å². The van der Waals surface area contributed by atoms with Gasteiger partial charge < -0.3 is 18.1 Å². The Bertz CT molecular complexity index is 538. The van der Waals surface area contributed by atoms with Gasteiger partial charge in [-0.05, 0) is 12.5 Å². The predicted octanol–water partition coefficient (Wildman–Crippen LogP) is -0.797. The highest BCUT2D eigenvalue weighted by atomic mass is 35.5. The number of aryl methyl sites for hydroxylation is 1. The fraction of sp³-hybridized carbons (Fsp3) is 0.400. The van der Waals surface area contributed by atoms with Gasteiger partial charge in [0.15, 0.2) is 11.9 Å². The van der Waals surface area contributed by atoms with Crippen molar-refractivity contribution in [1.82, 2.24) is 0 Å². The first-order valence-corrected chi connectivity index (χ1v) is 6.70. The fourth-order valence-electron chi connectivity index (χ4n) is 2.00. The van der Waals surface area contributed by atoms with Crippen molar-refractivity contribution in [3.8, 4) is 0 Å². The first-order valence-electron chi connectivity index (χ1n) is 6.70. The van der Waals surface area contributed by atoms with Crippen LogP contribution in [0.4, 0.5) is 0 Å². The van der Waals surface area contributed by atoms with Crippen LogP contribution in [0.1, 0.15) is 25.5 Å². The van der Waals surface area contributed by atoms with Gasteiger partial charge in [0.05, 0.1) is 18.0 Å². The third-order valence-electron chi connectivity index (χ3n) is 3.16. The molecule has 21 heavy (non-hydrogen) atoms. The number of allylic oxidation sites excluding steroid dienone is 1. The maximum absolute atomic E-state index is 6.09. The predicted molar refractivity (Wildman–Crippen MR) is 85.5 cm³/mol. The fourth-order valence-corrected chi connectivity index (χ4v) is 2.00. The van der Waals surface area contributed by atoms with E-state index in [4.69, 9.17) is 5.73 Å². The normalized spacial score (nSPS) is 18.7. The zero-order chi connectivity index (χ0) is 13.7. The van der Waals surface area contributed by atoms with Gasteiger partial charge in [-0.3, -0.25) is 4.99 Å². The van der Waals surface area contributed by atoms with Crippen LogP contribution in [0.5, 0.6) is 0 Å². The number of rotatable bonds is 4. The van der Waals surface area contributed by atoms with Crippen molar-refractivity contribution in [1.29, 1.82) is 0 Å². The molecular formula is C15H22Cl2N4. The summed E-state index contributed by atoms with van der Waals surface area (Å²) in [4.78, 5) is 8.95. The summed E-state index contributed by atoms with van der Waals surface area (Å²) in [5.41, 5.74) is 9.18. The van der Waals surface area contributed by atoms with Gasteiger partial charge in [-0.1, -0.05) is 19.4 Å². The van der Waals surface area contributed by atoms with E-state index in [9.17, 15) is 0 Å². The van der Waals surface area contributed by atoms with Crippen LogP contribution in [0.15, 0.2) is 46.2 Å². The molecule has 0 saturated carbocycles. The van der Waals surface area contributed by atoms with Crippen LogP contribution in [0, 0.1) is 6.92 Å². The summed E-state index contributed by atoms with van der Waals surface area (Å²) < 4.78 is 2.08. The maximum atomic E-state index is 6.09. The number of halogens is 2. The molecule has 0 radical (unpaired) electrons. The molecule has 2 heterocycles. The van der Waals surface area contributed by atoms with Gasteiger partial charge in [-0.15, -0.1) is 12.4 Å². The topological polar surface area (TPSA) is 54.6 Å². The van der Waals surface area contributed by atoms with Gasteiger partial charge in [-0.25, -0.2) is 4.99 Å². The highest BCUT2D eigenvalue weighted by Gasteiger charge is 2.13. The third-order valence-corrected chi connectivity index (χ3v) is 3.16. The first-order chi connectivity index (χ1) is 9.20. The van der Waals surface area contributed by atoms with E-state index in [1.165, 1.54) is 5.69 Å². The molecule has 0 spiro atoms. The molecule has 2 rings (SSSR count). The number of hydrogen-bond acceptors (Lipinski definition) is 3. The molecule has 0 bridgehead atoms. The highest BCUT2D eigenvalue weighted by Crippen LogP contribution is 2.11. The van der Waals surface area contributed by atoms with Crippen molar-refractivity contribution >= 4 is 24.3 Å². The van der Waals surface area contributed by atoms with Gasteiger partial charge in [0.1, 0.15) is 0 Å². The quantitative estimate of drug-likeness (QED) is 0.723. The molecule has 0 aromatic carbocycles. The maximum Gasteiger partial charge on any atom is 0.241 e. The minimum absolute atomic E-state index is 0. The molecule has 0 amide bonds. The molecule has 0 fully saturated rings. The molecule has 1 atom stereocenters. The average Bonchev–Trinajstić information content (AvgIpc) is 2.40. The van der Waals surface area contributed by atoms with Gasteiger partial charge in [0.2, 0.25) is 6.67 Å². The average molecular weight is 329 g/mol. The Balaban J connectivity index is 0.00000200. The Morgan fingerprint density at radius 2 is 2.14 bits per heavy atom. The lowest BCUT2D eigenvalue weighted by Crippen LogP contribution is -3.00. The van der Waals surface area contributed by atoms with Gasteiger partial charge >= 0.3 is 0 Å². The zero-order valence-electron chi connectivity index (χ0n) is 12.4. The molecule has 1 aromatic heterocycles. The molecule has 6 heteroatoms. The van der Waals surface area contributed by atoms with E-state index in [0.29, 0.717) is 6.67 Å². The van der Waals surface area contributed by atoms with Crippen molar-refractivity contribution in [2.75, 3.05) is 0 Å². The lowest BCUT2D eigenvalue weighted by atomic mass is 10.1. The van der Waals surface area contributed by atoms with Gasteiger partial charge in [0.25, 0.3) is 0 Å². The minimum Gasteiger partial charge on any atom is -1.00 e. The molecule has 1 aliphatic rings.